The van der Waals surface area contributed by atoms with Crippen LogP contribution in [0.15, 0.2) is 40.8 Å². The van der Waals surface area contributed by atoms with E-state index in [1.165, 1.54) is 18.2 Å². The number of aromatic nitrogens is 2. The topological polar surface area (TPSA) is 79.5 Å². The standard InChI is InChI=1S/C22H19F4N3O3/c1-11-27-28-18(32-11)13-6-4-12(5-7-13)16-15(23)9-8-14-10-29(19(30)17(14)16)20(21(2,3)31)22(24,25)26/h4-9,20,31H,10H2,1-3H3. The third-order valence-electron chi connectivity index (χ3n) is 5.29. The number of fused-ring (bicyclic) bond motifs is 1. The van der Waals surface area contributed by atoms with Crippen molar-refractivity contribution in [2.75, 3.05) is 0 Å². The number of carbonyl (C=O) groups excluding carboxylic acids is 1. The zero-order valence-electron chi connectivity index (χ0n) is 17.4. The van der Waals surface area contributed by atoms with Crippen molar-refractivity contribution in [1.82, 2.24) is 15.1 Å². The highest BCUT2D eigenvalue weighted by Gasteiger charge is 2.55. The second-order valence-electron chi connectivity index (χ2n) is 8.19. The highest BCUT2D eigenvalue weighted by molar-refractivity contribution is 6.05. The highest BCUT2D eigenvalue weighted by Crippen LogP contribution is 2.41. The van der Waals surface area contributed by atoms with Crippen LogP contribution in [0, 0.1) is 12.7 Å². The fourth-order valence-electron chi connectivity index (χ4n) is 4.04. The van der Waals surface area contributed by atoms with Crippen molar-refractivity contribution in [3.63, 3.8) is 0 Å². The fraction of sp³-hybridized carbons (Fsp3) is 0.318. The monoisotopic (exact) mass is 449 g/mol. The number of alkyl halides is 3. The Hall–Kier alpha value is -3.27. The molecule has 168 valence electrons. The molecular weight excluding hydrogens is 430 g/mol. The van der Waals surface area contributed by atoms with E-state index in [9.17, 15) is 27.5 Å². The maximum Gasteiger partial charge on any atom is 0.411 e. The average molecular weight is 449 g/mol. The van der Waals surface area contributed by atoms with Gasteiger partial charge in [0.05, 0.1) is 11.2 Å². The summed E-state index contributed by atoms with van der Waals surface area (Å²) in [5.41, 5.74) is -1.37. The van der Waals surface area contributed by atoms with Gasteiger partial charge >= 0.3 is 6.18 Å². The minimum Gasteiger partial charge on any atom is -0.421 e. The van der Waals surface area contributed by atoms with Gasteiger partial charge in [-0.25, -0.2) is 4.39 Å². The van der Waals surface area contributed by atoms with E-state index in [4.69, 9.17) is 4.42 Å². The lowest BCUT2D eigenvalue weighted by molar-refractivity contribution is -0.219. The molecule has 0 fully saturated rings. The summed E-state index contributed by atoms with van der Waals surface area (Å²) in [6.07, 6.45) is -4.88. The first kappa shape index (κ1) is 21.9. The van der Waals surface area contributed by atoms with E-state index in [2.05, 4.69) is 10.2 Å². The molecule has 1 amide bonds. The molecule has 1 N–H and O–H groups in total. The maximum absolute atomic E-state index is 14.8. The van der Waals surface area contributed by atoms with Gasteiger partial charge in [-0.1, -0.05) is 18.2 Å². The van der Waals surface area contributed by atoms with E-state index in [1.54, 1.807) is 19.1 Å². The maximum atomic E-state index is 14.8. The molecule has 0 saturated carbocycles. The molecule has 2 aromatic carbocycles. The second-order valence-corrected chi connectivity index (χ2v) is 8.19. The Morgan fingerprint density at radius 2 is 1.66 bits per heavy atom. The predicted molar refractivity (Wildman–Crippen MR) is 106 cm³/mol. The van der Waals surface area contributed by atoms with E-state index >= 15 is 0 Å². The molecule has 1 aliphatic heterocycles. The Morgan fingerprint density at radius 1 is 1.03 bits per heavy atom. The molecule has 1 unspecified atom stereocenters. The number of aliphatic hydroxyl groups is 1. The number of hydrogen-bond donors (Lipinski definition) is 1. The minimum atomic E-state index is -4.88. The molecule has 10 heteroatoms. The van der Waals surface area contributed by atoms with Crippen molar-refractivity contribution in [2.24, 2.45) is 0 Å². The average Bonchev–Trinajstić information content (AvgIpc) is 3.24. The summed E-state index contributed by atoms with van der Waals surface area (Å²) in [4.78, 5) is 13.6. The molecule has 6 nitrogen and oxygen atoms in total. The normalized spacial score (nSPS) is 15.2. The summed E-state index contributed by atoms with van der Waals surface area (Å²) >= 11 is 0. The molecule has 4 rings (SSSR count). The van der Waals surface area contributed by atoms with Crippen LogP contribution in [0.1, 0.15) is 35.7 Å². The highest BCUT2D eigenvalue weighted by atomic mass is 19.4. The van der Waals surface area contributed by atoms with E-state index in [0.717, 1.165) is 19.9 Å². The summed E-state index contributed by atoms with van der Waals surface area (Å²) in [5.74, 6) is -1.11. The van der Waals surface area contributed by atoms with E-state index in [0.29, 0.717) is 21.9 Å². The van der Waals surface area contributed by atoms with Crippen LogP contribution in [-0.2, 0) is 6.54 Å². The molecule has 0 saturated heterocycles. The van der Waals surface area contributed by atoms with Crippen LogP contribution in [-0.4, -0.2) is 43.9 Å². The molecule has 0 spiro atoms. The summed E-state index contributed by atoms with van der Waals surface area (Å²) in [6.45, 7) is 3.21. The zero-order chi connectivity index (χ0) is 23.4. The molecule has 0 aliphatic carbocycles. The largest absolute Gasteiger partial charge is 0.421 e. The fourth-order valence-corrected chi connectivity index (χ4v) is 4.04. The first-order chi connectivity index (χ1) is 14.9. The van der Waals surface area contributed by atoms with Gasteiger partial charge in [-0.15, -0.1) is 10.2 Å². The van der Waals surface area contributed by atoms with Crippen LogP contribution in [0.5, 0.6) is 0 Å². The molecule has 0 radical (unpaired) electrons. The number of carbonyl (C=O) groups is 1. The molecule has 32 heavy (non-hydrogen) atoms. The molecule has 1 aromatic heterocycles. The quantitative estimate of drug-likeness (QED) is 0.593. The number of hydrogen-bond acceptors (Lipinski definition) is 5. The van der Waals surface area contributed by atoms with Crippen molar-refractivity contribution in [3.05, 3.63) is 59.2 Å². The van der Waals surface area contributed by atoms with Gasteiger partial charge in [0.1, 0.15) is 5.82 Å². The third-order valence-corrected chi connectivity index (χ3v) is 5.29. The van der Waals surface area contributed by atoms with E-state index < -0.39 is 36.1 Å². The first-order valence-electron chi connectivity index (χ1n) is 9.70. The van der Waals surface area contributed by atoms with E-state index in [1.807, 2.05) is 0 Å². The zero-order valence-corrected chi connectivity index (χ0v) is 17.4. The van der Waals surface area contributed by atoms with Gasteiger partial charge in [0.15, 0.2) is 6.04 Å². The smallest absolute Gasteiger partial charge is 0.411 e. The van der Waals surface area contributed by atoms with Crippen molar-refractivity contribution >= 4 is 5.91 Å². The molecule has 2 heterocycles. The number of halogens is 4. The number of rotatable bonds is 4. The Balaban J connectivity index is 1.76. The third kappa shape index (κ3) is 3.75. The number of aryl methyl sites for hydroxylation is 1. The van der Waals surface area contributed by atoms with Gasteiger partial charge in [-0.05, 0) is 43.2 Å². The van der Waals surface area contributed by atoms with Crippen LogP contribution in [0.4, 0.5) is 17.6 Å². The van der Waals surface area contributed by atoms with Gasteiger partial charge in [-0.2, -0.15) is 13.2 Å². The Morgan fingerprint density at radius 3 is 2.19 bits per heavy atom. The summed E-state index contributed by atoms with van der Waals surface area (Å²) < 4.78 is 61.4. The number of amides is 1. The van der Waals surface area contributed by atoms with Crippen LogP contribution in [0.3, 0.4) is 0 Å². The number of nitrogens with zero attached hydrogens (tertiary/aromatic N) is 3. The lowest BCUT2D eigenvalue weighted by Crippen LogP contribution is -2.57. The van der Waals surface area contributed by atoms with Crippen molar-refractivity contribution in [1.29, 1.82) is 0 Å². The van der Waals surface area contributed by atoms with Gasteiger partial charge in [0.2, 0.25) is 11.8 Å². The summed E-state index contributed by atoms with van der Waals surface area (Å²) in [7, 11) is 0. The molecule has 3 aromatic rings. The van der Waals surface area contributed by atoms with Gasteiger partial charge in [0.25, 0.3) is 5.91 Å². The van der Waals surface area contributed by atoms with Gasteiger partial charge in [-0.3, -0.25) is 4.79 Å². The van der Waals surface area contributed by atoms with Crippen molar-refractivity contribution in [3.8, 4) is 22.6 Å². The van der Waals surface area contributed by atoms with Crippen molar-refractivity contribution < 1.29 is 31.9 Å². The Labute approximate surface area is 180 Å². The van der Waals surface area contributed by atoms with Gasteiger partial charge in [0, 0.05) is 24.6 Å². The molecule has 1 atom stereocenters. The predicted octanol–water partition coefficient (Wildman–Crippen LogP) is 4.51. The second kappa shape index (κ2) is 7.40. The van der Waals surface area contributed by atoms with Crippen LogP contribution in [0.2, 0.25) is 0 Å². The SMILES string of the molecule is Cc1nnc(-c2ccc(-c3c(F)ccc4c3C(=O)N(C(C(C)(C)O)C(F)(F)F)C4)cc2)o1. The summed E-state index contributed by atoms with van der Waals surface area (Å²) in [6, 6.07) is 6.20. The van der Waals surface area contributed by atoms with Crippen LogP contribution >= 0.6 is 0 Å². The van der Waals surface area contributed by atoms with Crippen LogP contribution in [0.25, 0.3) is 22.6 Å². The number of benzene rings is 2. The summed E-state index contributed by atoms with van der Waals surface area (Å²) in [5, 5.41) is 17.8. The molecular formula is C22H19F4N3O3. The molecule has 0 bridgehead atoms. The first-order valence-corrected chi connectivity index (χ1v) is 9.70. The lowest BCUT2D eigenvalue weighted by atomic mass is 9.95. The lowest BCUT2D eigenvalue weighted by Gasteiger charge is -2.37. The molecule has 1 aliphatic rings. The van der Waals surface area contributed by atoms with Crippen LogP contribution < -0.4 is 0 Å². The van der Waals surface area contributed by atoms with Crippen molar-refractivity contribution in [2.45, 2.75) is 45.1 Å². The Bertz CT molecular complexity index is 1170. The Kier molecular flexibility index (Phi) is 5.08. The van der Waals surface area contributed by atoms with Gasteiger partial charge < -0.3 is 14.4 Å². The van der Waals surface area contributed by atoms with E-state index in [-0.39, 0.29) is 22.6 Å². The minimum absolute atomic E-state index is 0.0973.